The minimum absolute atomic E-state index is 0.110. The number of benzene rings is 2. The molecule has 0 aromatic heterocycles. The Bertz CT molecular complexity index is 866. The Kier molecular flexibility index (Phi) is 6.87. The highest BCUT2D eigenvalue weighted by Gasteiger charge is 2.22. The van der Waals surface area contributed by atoms with Crippen molar-refractivity contribution in [3.8, 4) is 23.0 Å². The normalized spacial score (nSPS) is 10.2. The molecule has 1 amide bonds. The lowest BCUT2D eigenvalue weighted by Crippen LogP contribution is -2.25. The molecule has 150 valence electrons. The first-order valence-corrected chi connectivity index (χ1v) is 8.62. The van der Waals surface area contributed by atoms with Crippen LogP contribution in [0.15, 0.2) is 24.3 Å². The van der Waals surface area contributed by atoms with Crippen LogP contribution in [-0.2, 0) is 16.0 Å². The van der Waals surface area contributed by atoms with E-state index in [0.29, 0.717) is 34.2 Å². The van der Waals surface area contributed by atoms with Gasteiger partial charge in [0.05, 0.1) is 28.4 Å². The number of anilines is 1. The molecule has 0 heterocycles. The molecule has 0 spiro atoms. The van der Waals surface area contributed by atoms with E-state index < -0.39 is 11.7 Å². The van der Waals surface area contributed by atoms with Gasteiger partial charge in [-0.15, -0.1) is 0 Å². The molecule has 2 aromatic rings. The fraction of sp³-hybridized carbons (Fsp3) is 0.333. The van der Waals surface area contributed by atoms with Crippen LogP contribution in [0.2, 0.25) is 0 Å². The first-order valence-electron chi connectivity index (χ1n) is 8.62. The third kappa shape index (κ3) is 4.54. The summed E-state index contributed by atoms with van der Waals surface area (Å²) in [4.78, 5) is 25.1. The minimum Gasteiger partial charge on any atom is -0.497 e. The molecule has 0 fully saturated rings. The maximum atomic E-state index is 12.6. The highest BCUT2D eigenvalue weighted by Crippen LogP contribution is 2.36. The largest absolute Gasteiger partial charge is 0.497 e. The molecule has 0 unspecified atom stereocenters. The molecular formula is C21H25NO6. The van der Waals surface area contributed by atoms with Gasteiger partial charge in [-0.3, -0.25) is 9.59 Å². The zero-order chi connectivity index (χ0) is 20.8. The van der Waals surface area contributed by atoms with E-state index in [9.17, 15) is 9.59 Å². The monoisotopic (exact) mass is 387 g/mol. The molecule has 7 heteroatoms. The fourth-order valence-corrected chi connectivity index (χ4v) is 2.87. The average Bonchev–Trinajstić information content (AvgIpc) is 2.69. The van der Waals surface area contributed by atoms with Crippen LogP contribution in [0.1, 0.15) is 16.7 Å². The van der Waals surface area contributed by atoms with E-state index in [1.165, 1.54) is 21.3 Å². The number of ether oxygens (including phenoxy) is 4. The van der Waals surface area contributed by atoms with Gasteiger partial charge in [-0.2, -0.15) is 0 Å². The predicted molar refractivity (Wildman–Crippen MR) is 106 cm³/mol. The predicted octanol–water partition coefficient (Wildman–Crippen LogP) is 3.09. The summed E-state index contributed by atoms with van der Waals surface area (Å²) >= 11 is 0. The number of carbonyl (C=O) groups excluding carboxylic acids is 2. The zero-order valence-electron chi connectivity index (χ0n) is 17.0. The Balaban J connectivity index is 2.27. The van der Waals surface area contributed by atoms with E-state index in [-0.39, 0.29) is 6.42 Å². The molecule has 2 rings (SSSR count). The van der Waals surface area contributed by atoms with Gasteiger partial charge < -0.3 is 24.3 Å². The summed E-state index contributed by atoms with van der Waals surface area (Å²) in [7, 11) is 6.02. The number of rotatable bonds is 8. The topological polar surface area (TPSA) is 83.1 Å². The minimum atomic E-state index is -0.766. The van der Waals surface area contributed by atoms with Crippen molar-refractivity contribution in [1.82, 2.24) is 0 Å². The summed E-state index contributed by atoms with van der Waals surface area (Å²) in [6.07, 6.45) is -0.110. The number of amides is 1. The smallest absolute Gasteiger partial charge is 0.292 e. The summed E-state index contributed by atoms with van der Waals surface area (Å²) in [5.74, 6) is 0.550. The first-order chi connectivity index (χ1) is 13.3. The van der Waals surface area contributed by atoms with Crippen molar-refractivity contribution in [2.24, 2.45) is 0 Å². The summed E-state index contributed by atoms with van der Waals surface area (Å²) in [5.41, 5.74) is 2.64. The molecule has 0 saturated heterocycles. The Morgan fingerprint density at radius 2 is 1.39 bits per heavy atom. The van der Waals surface area contributed by atoms with Crippen molar-refractivity contribution in [3.05, 3.63) is 41.0 Å². The van der Waals surface area contributed by atoms with Crippen molar-refractivity contribution in [2.45, 2.75) is 20.3 Å². The third-order valence-electron chi connectivity index (χ3n) is 4.34. The van der Waals surface area contributed by atoms with Gasteiger partial charge in [-0.05, 0) is 43.2 Å². The first kappa shape index (κ1) is 21.1. The summed E-state index contributed by atoms with van der Waals surface area (Å²) in [5, 5.41) is 2.60. The number of Topliss-reactive ketones (excluding diaryl/α,β-unsaturated/α-hetero) is 1. The molecule has 28 heavy (non-hydrogen) atoms. The quantitative estimate of drug-likeness (QED) is 0.701. The Labute approximate surface area is 164 Å². The Hall–Kier alpha value is -3.22. The molecule has 0 atom stereocenters. The molecule has 0 aliphatic rings. The van der Waals surface area contributed by atoms with Gasteiger partial charge >= 0.3 is 0 Å². The molecule has 1 N–H and O–H groups in total. The van der Waals surface area contributed by atoms with Gasteiger partial charge in [-0.1, -0.05) is 0 Å². The van der Waals surface area contributed by atoms with E-state index in [0.717, 1.165) is 11.1 Å². The van der Waals surface area contributed by atoms with Gasteiger partial charge in [0.15, 0.2) is 0 Å². The second-order valence-electron chi connectivity index (χ2n) is 6.22. The van der Waals surface area contributed by atoms with Gasteiger partial charge in [0.25, 0.3) is 5.91 Å². The number of methoxy groups -OCH3 is 4. The van der Waals surface area contributed by atoms with Gasteiger partial charge in [0, 0.05) is 18.1 Å². The summed E-state index contributed by atoms with van der Waals surface area (Å²) in [6, 6.07) is 6.97. The zero-order valence-corrected chi connectivity index (χ0v) is 17.0. The summed E-state index contributed by atoms with van der Waals surface area (Å²) in [6.45, 7) is 3.71. The van der Waals surface area contributed by atoms with Crippen LogP contribution < -0.4 is 24.3 Å². The third-order valence-corrected chi connectivity index (χ3v) is 4.34. The van der Waals surface area contributed by atoms with Crippen molar-refractivity contribution in [1.29, 1.82) is 0 Å². The van der Waals surface area contributed by atoms with Crippen LogP contribution in [0.5, 0.6) is 23.0 Å². The van der Waals surface area contributed by atoms with Crippen molar-refractivity contribution in [3.63, 3.8) is 0 Å². The van der Waals surface area contributed by atoms with E-state index in [1.807, 2.05) is 13.8 Å². The molecular weight excluding hydrogens is 362 g/mol. The van der Waals surface area contributed by atoms with Crippen molar-refractivity contribution < 1.29 is 28.5 Å². The number of nitrogens with one attached hydrogen (secondary N) is 1. The molecule has 0 saturated carbocycles. The van der Waals surface area contributed by atoms with Crippen molar-refractivity contribution >= 4 is 17.4 Å². The number of carbonyl (C=O) groups is 2. The lowest BCUT2D eigenvalue weighted by molar-refractivity contribution is -0.134. The maximum absolute atomic E-state index is 12.6. The molecule has 0 bridgehead atoms. The fourth-order valence-electron chi connectivity index (χ4n) is 2.87. The lowest BCUT2D eigenvalue weighted by atomic mass is 10.0. The van der Waals surface area contributed by atoms with E-state index >= 15 is 0 Å². The SMILES string of the molecule is COc1cc(C)c(CC(=O)C(=O)Nc2c(OC)cc(C)cc2OC)c(OC)c1. The molecule has 0 radical (unpaired) electrons. The maximum Gasteiger partial charge on any atom is 0.292 e. The highest BCUT2D eigenvalue weighted by atomic mass is 16.5. The second kappa shape index (κ2) is 9.12. The molecule has 0 aliphatic heterocycles. The van der Waals surface area contributed by atoms with Crippen LogP contribution in [0.25, 0.3) is 0 Å². The Morgan fingerprint density at radius 1 is 0.821 bits per heavy atom. The molecule has 7 nitrogen and oxygen atoms in total. The lowest BCUT2D eigenvalue weighted by Gasteiger charge is -2.16. The van der Waals surface area contributed by atoms with Crippen LogP contribution in [0.4, 0.5) is 5.69 Å². The average molecular weight is 387 g/mol. The number of hydrogen-bond donors (Lipinski definition) is 1. The van der Waals surface area contributed by atoms with Crippen LogP contribution in [0, 0.1) is 13.8 Å². The second-order valence-corrected chi connectivity index (χ2v) is 6.22. The molecule has 2 aromatic carbocycles. The van der Waals surface area contributed by atoms with Gasteiger partial charge in [0.2, 0.25) is 5.78 Å². The summed E-state index contributed by atoms with van der Waals surface area (Å²) < 4.78 is 21.2. The van der Waals surface area contributed by atoms with E-state index in [4.69, 9.17) is 18.9 Å². The van der Waals surface area contributed by atoms with E-state index in [1.54, 1.807) is 31.4 Å². The standard InChI is InChI=1S/C21H25NO6/c1-12-7-18(27-5)20(19(8-12)28-6)22-21(24)16(23)11-15-13(2)9-14(25-3)10-17(15)26-4/h7-10H,11H2,1-6H3,(H,22,24). The Morgan fingerprint density at radius 3 is 1.89 bits per heavy atom. The number of aryl methyl sites for hydroxylation is 2. The number of ketones is 1. The van der Waals surface area contributed by atoms with Crippen LogP contribution in [0.3, 0.4) is 0 Å². The van der Waals surface area contributed by atoms with E-state index in [2.05, 4.69) is 5.32 Å². The van der Waals surface area contributed by atoms with Crippen LogP contribution >= 0.6 is 0 Å². The van der Waals surface area contributed by atoms with Gasteiger partial charge in [0.1, 0.15) is 28.7 Å². The number of hydrogen-bond acceptors (Lipinski definition) is 6. The van der Waals surface area contributed by atoms with Crippen molar-refractivity contribution in [2.75, 3.05) is 33.8 Å². The molecule has 0 aliphatic carbocycles. The van der Waals surface area contributed by atoms with Crippen LogP contribution in [-0.4, -0.2) is 40.1 Å². The highest BCUT2D eigenvalue weighted by molar-refractivity contribution is 6.41. The van der Waals surface area contributed by atoms with Gasteiger partial charge in [-0.25, -0.2) is 0 Å².